The van der Waals surface area contributed by atoms with Gasteiger partial charge in [-0.2, -0.15) is 0 Å². The summed E-state index contributed by atoms with van der Waals surface area (Å²) in [4.78, 5) is 24.9. The van der Waals surface area contributed by atoms with Crippen LogP contribution in [0.15, 0.2) is 56.6 Å². The molecule has 30 heavy (non-hydrogen) atoms. The van der Waals surface area contributed by atoms with E-state index in [9.17, 15) is 18.0 Å². The van der Waals surface area contributed by atoms with Crippen molar-refractivity contribution < 1.29 is 22.4 Å². The number of hydrogen-bond acceptors (Lipinski definition) is 6. The molecule has 0 saturated heterocycles. The third-order valence-corrected chi connectivity index (χ3v) is 6.20. The van der Waals surface area contributed by atoms with Crippen LogP contribution in [-0.2, 0) is 10.0 Å². The quantitative estimate of drug-likeness (QED) is 0.644. The molecule has 0 spiro atoms. The van der Waals surface area contributed by atoms with Crippen LogP contribution in [-0.4, -0.2) is 39.3 Å². The fourth-order valence-corrected chi connectivity index (χ4v) is 3.88. The van der Waals surface area contributed by atoms with Gasteiger partial charge in [-0.1, -0.05) is 11.6 Å². The van der Waals surface area contributed by atoms with Gasteiger partial charge in [0.15, 0.2) is 11.2 Å². The number of hydrogen-bond donors (Lipinski definition) is 1. The van der Waals surface area contributed by atoms with Crippen molar-refractivity contribution in [2.45, 2.75) is 18.7 Å². The maximum absolute atomic E-state index is 12.6. The Kier molecular flexibility index (Phi) is 5.95. The average Bonchev–Trinajstić information content (AvgIpc) is 2.69. The van der Waals surface area contributed by atoms with Crippen LogP contribution in [0.2, 0.25) is 0 Å². The predicted octanol–water partition coefficient (Wildman–Crippen LogP) is 3.00. The molecule has 1 aromatic heterocycles. The number of amides is 1. The number of aryl methyl sites for hydroxylation is 1. The lowest BCUT2D eigenvalue weighted by atomic mass is 10.1. The van der Waals surface area contributed by atoms with Gasteiger partial charge in [0.25, 0.3) is 5.91 Å². The third-order valence-electron chi connectivity index (χ3n) is 4.37. The number of anilines is 1. The molecular formula is C21H22N2O6S. The molecule has 3 aromatic rings. The lowest BCUT2D eigenvalue weighted by molar-refractivity contribution is 0.0997. The van der Waals surface area contributed by atoms with Gasteiger partial charge in [0.05, 0.1) is 12.0 Å². The molecule has 0 bridgehead atoms. The molecule has 0 fully saturated rings. The summed E-state index contributed by atoms with van der Waals surface area (Å²) in [7, 11) is -1.000. The second-order valence-electron chi connectivity index (χ2n) is 6.81. The molecule has 0 atom stereocenters. The first-order valence-corrected chi connectivity index (χ1v) is 10.6. The second kappa shape index (κ2) is 8.29. The van der Waals surface area contributed by atoms with Crippen molar-refractivity contribution in [3.63, 3.8) is 0 Å². The van der Waals surface area contributed by atoms with Crippen molar-refractivity contribution in [3.05, 3.63) is 64.0 Å². The zero-order chi connectivity index (χ0) is 22.1. The Hall–Kier alpha value is -3.17. The first kappa shape index (κ1) is 21.5. The number of ether oxygens (including phenoxy) is 1. The molecule has 0 aliphatic carbocycles. The minimum atomic E-state index is -3.81. The molecule has 1 heterocycles. The van der Waals surface area contributed by atoms with Gasteiger partial charge in [0.2, 0.25) is 10.0 Å². The van der Waals surface area contributed by atoms with Crippen molar-refractivity contribution >= 4 is 32.6 Å². The molecule has 0 saturated carbocycles. The van der Waals surface area contributed by atoms with Gasteiger partial charge in [-0.05, 0) is 44.2 Å². The first-order valence-electron chi connectivity index (χ1n) is 9.18. The van der Waals surface area contributed by atoms with E-state index in [0.29, 0.717) is 11.0 Å². The summed E-state index contributed by atoms with van der Waals surface area (Å²) >= 11 is 0. The summed E-state index contributed by atoms with van der Waals surface area (Å²) in [6, 6.07) is 10.5. The minimum absolute atomic E-state index is 0.0809. The molecule has 158 valence electrons. The SMILES string of the molecule is CCOc1ccc(NC(=O)c2cc(=O)c3cc(C)ccc3o2)cc1S(=O)(=O)N(C)C. The number of fused-ring (bicyclic) bond motifs is 1. The molecule has 8 nitrogen and oxygen atoms in total. The number of carbonyl (C=O) groups excluding carboxylic acids is 1. The topological polar surface area (TPSA) is 106 Å². The average molecular weight is 430 g/mol. The second-order valence-corrected chi connectivity index (χ2v) is 8.93. The van der Waals surface area contributed by atoms with Gasteiger partial charge in [0.1, 0.15) is 16.2 Å². The number of nitrogens with one attached hydrogen (secondary N) is 1. The van der Waals surface area contributed by atoms with Gasteiger partial charge < -0.3 is 14.5 Å². The van der Waals surface area contributed by atoms with Crippen LogP contribution in [0.25, 0.3) is 11.0 Å². The van der Waals surface area contributed by atoms with E-state index in [2.05, 4.69) is 5.32 Å². The maximum atomic E-state index is 12.6. The number of carbonyl (C=O) groups is 1. The Labute approximate surface area is 174 Å². The monoisotopic (exact) mass is 430 g/mol. The molecule has 1 amide bonds. The Morgan fingerprint density at radius 3 is 2.53 bits per heavy atom. The Morgan fingerprint density at radius 2 is 1.87 bits per heavy atom. The van der Waals surface area contributed by atoms with Crippen LogP contribution in [0.3, 0.4) is 0 Å². The van der Waals surface area contributed by atoms with Gasteiger partial charge in [-0.25, -0.2) is 12.7 Å². The van der Waals surface area contributed by atoms with E-state index in [1.165, 1.54) is 32.3 Å². The van der Waals surface area contributed by atoms with Gasteiger partial charge >= 0.3 is 0 Å². The fourth-order valence-electron chi connectivity index (χ4n) is 2.83. The molecule has 0 unspecified atom stereocenters. The zero-order valence-corrected chi connectivity index (χ0v) is 17.9. The van der Waals surface area contributed by atoms with E-state index in [1.807, 2.05) is 6.92 Å². The van der Waals surface area contributed by atoms with E-state index in [0.717, 1.165) is 15.9 Å². The van der Waals surface area contributed by atoms with Crippen molar-refractivity contribution in [1.82, 2.24) is 4.31 Å². The van der Waals surface area contributed by atoms with Gasteiger partial charge in [-0.15, -0.1) is 0 Å². The summed E-state index contributed by atoms with van der Waals surface area (Å²) in [6.45, 7) is 3.87. The largest absolute Gasteiger partial charge is 0.492 e. The van der Waals surface area contributed by atoms with Crippen molar-refractivity contribution in [2.24, 2.45) is 0 Å². The van der Waals surface area contributed by atoms with E-state index in [1.54, 1.807) is 25.1 Å². The number of rotatable bonds is 6. The normalized spacial score (nSPS) is 11.6. The van der Waals surface area contributed by atoms with Crippen LogP contribution in [0.1, 0.15) is 23.0 Å². The number of sulfonamides is 1. The highest BCUT2D eigenvalue weighted by atomic mass is 32.2. The van der Waals surface area contributed by atoms with E-state index >= 15 is 0 Å². The molecule has 1 N–H and O–H groups in total. The van der Waals surface area contributed by atoms with Crippen LogP contribution in [0, 0.1) is 6.92 Å². The highest BCUT2D eigenvalue weighted by Gasteiger charge is 2.23. The Morgan fingerprint density at radius 1 is 1.13 bits per heavy atom. The van der Waals surface area contributed by atoms with E-state index in [-0.39, 0.29) is 34.1 Å². The highest BCUT2D eigenvalue weighted by molar-refractivity contribution is 7.89. The predicted molar refractivity (Wildman–Crippen MR) is 114 cm³/mol. The molecule has 9 heteroatoms. The van der Waals surface area contributed by atoms with Gasteiger partial charge in [0, 0.05) is 25.8 Å². The first-order chi connectivity index (χ1) is 14.1. The molecular weight excluding hydrogens is 408 g/mol. The Balaban J connectivity index is 1.98. The molecule has 3 rings (SSSR count). The standard InChI is InChI=1S/C21H22N2O6S/c1-5-28-18-9-7-14(11-20(18)30(26,27)23(3)4)22-21(25)19-12-16(24)15-10-13(2)6-8-17(15)29-19/h6-12H,5H2,1-4H3,(H,22,25). The summed E-state index contributed by atoms with van der Waals surface area (Å²) in [6.07, 6.45) is 0. The lowest BCUT2D eigenvalue weighted by Crippen LogP contribution is -2.23. The van der Waals surface area contributed by atoms with Crippen molar-refractivity contribution in [1.29, 1.82) is 0 Å². The van der Waals surface area contributed by atoms with Gasteiger partial charge in [-0.3, -0.25) is 9.59 Å². The van der Waals surface area contributed by atoms with Crippen LogP contribution in [0.5, 0.6) is 5.75 Å². The van der Waals surface area contributed by atoms with Crippen LogP contribution < -0.4 is 15.5 Å². The van der Waals surface area contributed by atoms with Crippen molar-refractivity contribution in [3.8, 4) is 5.75 Å². The van der Waals surface area contributed by atoms with E-state index in [4.69, 9.17) is 9.15 Å². The smallest absolute Gasteiger partial charge is 0.291 e. The zero-order valence-electron chi connectivity index (χ0n) is 17.1. The van der Waals surface area contributed by atoms with Crippen LogP contribution >= 0.6 is 0 Å². The van der Waals surface area contributed by atoms with Crippen molar-refractivity contribution in [2.75, 3.05) is 26.0 Å². The highest BCUT2D eigenvalue weighted by Crippen LogP contribution is 2.29. The summed E-state index contributed by atoms with van der Waals surface area (Å²) < 4.78 is 37.3. The minimum Gasteiger partial charge on any atom is -0.492 e. The fraction of sp³-hybridized carbons (Fsp3) is 0.238. The summed E-state index contributed by atoms with van der Waals surface area (Å²) in [5, 5.41) is 2.95. The molecule has 0 radical (unpaired) electrons. The van der Waals surface area contributed by atoms with Crippen LogP contribution in [0.4, 0.5) is 5.69 Å². The number of benzene rings is 2. The molecule has 0 aliphatic heterocycles. The lowest BCUT2D eigenvalue weighted by Gasteiger charge is -2.16. The number of nitrogens with zero attached hydrogens (tertiary/aromatic N) is 1. The Bertz CT molecular complexity index is 1280. The summed E-state index contributed by atoms with van der Waals surface area (Å²) in [5.41, 5.74) is 1.07. The third kappa shape index (κ3) is 4.22. The summed E-state index contributed by atoms with van der Waals surface area (Å²) in [5.74, 6) is -0.675. The van der Waals surface area contributed by atoms with E-state index < -0.39 is 15.9 Å². The molecule has 2 aromatic carbocycles. The maximum Gasteiger partial charge on any atom is 0.291 e. The molecule has 0 aliphatic rings.